The molecule has 1 aromatic carbocycles. The first-order valence-corrected chi connectivity index (χ1v) is 7.67. The quantitative estimate of drug-likeness (QED) is 0.897. The fraction of sp³-hybridized carbons (Fsp3) is 0.600. The molecule has 0 amide bonds. The van der Waals surface area contributed by atoms with Crippen LogP contribution in [0.2, 0.25) is 0 Å². The summed E-state index contributed by atoms with van der Waals surface area (Å²) in [4.78, 5) is 2.46. The van der Waals surface area contributed by atoms with Crippen LogP contribution in [-0.2, 0) is 0 Å². The second kappa shape index (κ2) is 6.07. The molecule has 1 unspecified atom stereocenters. The first-order chi connectivity index (χ1) is 8.63. The normalized spacial score (nSPS) is 18.0. The van der Waals surface area contributed by atoms with Gasteiger partial charge in [-0.1, -0.05) is 28.8 Å². The number of rotatable bonds is 4. The summed E-state index contributed by atoms with van der Waals surface area (Å²) in [6, 6.07) is 6.89. The molecule has 0 bridgehead atoms. The zero-order valence-electron chi connectivity index (χ0n) is 11.2. The highest BCUT2D eigenvalue weighted by Gasteiger charge is 2.24. The number of hydrogen-bond acceptors (Lipinski definition) is 2. The Morgan fingerprint density at radius 1 is 1.39 bits per heavy atom. The van der Waals surface area contributed by atoms with Crippen molar-refractivity contribution in [2.24, 2.45) is 0 Å². The molecule has 1 aromatic rings. The van der Waals surface area contributed by atoms with Crippen LogP contribution in [0, 0.1) is 0 Å². The van der Waals surface area contributed by atoms with E-state index < -0.39 is 6.10 Å². The highest BCUT2D eigenvalue weighted by Crippen LogP contribution is 2.34. The van der Waals surface area contributed by atoms with Gasteiger partial charge in [0.1, 0.15) is 0 Å². The van der Waals surface area contributed by atoms with E-state index in [0.29, 0.717) is 6.04 Å². The van der Waals surface area contributed by atoms with Gasteiger partial charge >= 0.3 is 0 Å². The van der Waals surface area contributed by atoms with Gasteiger partial charge in [-0.15, -0.1) is 0 Å². The highest BCUT2D eigenvalue weighted by atomic mass is 79.9. The van der Waals surface area contributed by atoms with Gasteiger partial charge in [0.05, 0.1) is 6.10 Å². The van der Waals surface area contributed by atoms with Gasteiger partial charge in [0.15, 0.2) is 0 Å². The molecular weight excluding hydrogens is 290 g/mol. The Balaban J connectivity index is 2.34. The summed E-state index contributed by atoms with van der Waals surface area (Å²) in [6.07, 6.45) is 4.81. The number of aliphatic hydroxyl groups excluding tert-OH is 1. The molecule has 0 aliphatic heterocycles. The van der Waals surface area contributed by atoms with Crippen molar-refractivity contribution in [1.82, 2.24) is 0 Å². The molecule has 1 aliphatic rings. The molecule has 1 aliphatic carbocycles. The molecule has 2 nitrogen and oxygen atoms in total. The number of aliphatic hydroxyl groups is 1. The summed E-state index contributed by atoms with van der Waals surface area (Å²) in [5.74, 6) is 0. The van der Waals surface area contributed by atoms with Crippen LogP contribution >= 0.6 is 15.9 Å². The first-order valence-electron chi connectivity index (χ1n) is 6.87. The minimum Gasteiger partial charge on any atom is -0.389 e. The molecule has 2 rings (SSSR count). The summed E-state index contributed by atoms with van der Waals surface area (Å²) in [7, 11) is 0. The van der Waals surface area contributed by atoms with E-state index in [2.05, 4.69) is 39.9 Å². The Kier molecular flexibility index (Phi) is 4.68. The molecule has 0 saturated heterocycles. The lowest BCUT2D eigenvalue weighted by molar-refractivity contribution is 0.199. The largest absolute Gasteiger partial charge is 0.389 e. The van der Waals surface area contributed by atoms with E-state index in [1.165, 1.54) is 31.4 Å². The van der Waals surface area contributed by atoms with Crippen molar-refractivity contribution in [3.63, 3.8) is 0 Å². The molecule has 0 radical (unpaired) electrons. The lowest BCUT2D eigenvalue weighted by atomic mass is 10.1. The molecule has 0 heterocycles. The predicted octanol–water partition coefficient (Wildman–Crippen LogP) is 4.27. The van der Waals surface area contributed by atoms with Gasteiger partial charge in [-0.25, -0.2) is 0 Å². The smallest absolute Gasteiger partial charge is 0.0782 e. The molecule has 18 heavy (non-hydrogen) atoms. The lowest BCUT2D eigenvalue weighted by Crippen LogP contribution is -2.33. The van der Waals surface area contributed by atoms with Crippen molar-refractivity contribution in [2.45, 2.75) is 51.7 Å². The number of nitrogens with zero attached hydrogens (tertiary/aromatic N) is 1. The van der Waals surface area contributed by atoms with Crippen LogP contribution < -0.4 is 4.90 Å². The van der Waals surface area contributed by atoms with Gasteiger partial charge in [-0.05, 0) is 44.9 Å². The SMILES string of the molecule is CCN(c1ccc(Br)cc1C(C)O)C1CCCC1. The average molecular weight is 312 g/mol. The molecule has 1 N–H and O–H groups in total. The van der Waals surface area contributed by atoms with Gasteiger partial charge in [0.25, 0.3) is 0 Å². The third kappa shape index (κ3) is 2.89. The summed E-state index contributed by atoms with van der Waals surface area (Å²) in [5.41, 5.74) is 2.22. The van der Waals surface area contributed by atoms with Crippen molar-refractivity contribution in [3.05, 3.63) is 28.2 Å². The fourth-order valence-corrected chi connectivity index (χ4v) is 3.34. The van der Waals surface area contributed by atoms with Crippen LogP contribution in [0.1, 0.15) is 51.2 Å². The number of anilines is 1. The van der Waals surface area contributed by atoms with Gasteiger partial charge in [-0.3, -0.25) is 0 Å². The Morgan fingerprint density at radius 3 is 2.61 bits per heavy atom. The molecule has 1 fully saturated rings. The molecule has 3 heteroatoms. The second-order valence-corrected chi connectivity index (χ2v) is 6.02. The molecular formula is C15H22BrNO. The average Bonchev–Trinajstić information content (AvgIpc) is 2.85. The Morgan fingerprint density at radius 2 is 2.06 bits per heavy atom. The van der Waals surface area contributed by atoms with E-state index in [1.54, 1.807) is 0 Å². The van der Waals surface area contributed by atoms with E-state index in [0.717, 1.165) is 16.6 Å². The van der Waals surface area contributed by atoms with Crippen LogP contribution in [0.5, 0.6) is 0 Å². The number of benzene rings is 1. The van der Waals surface area contributed by atoms with Crippen molar-refractivity contribution < 1.29 is 5.11 Å². The molecule has 0 aromatic heterocycles. The topological polar surface area (TPSA) is 23.5 Å². The number of halogens is 1. The van der Waals surface area contributed by atoms with E-state index in [-0.39, 0.29) is 0 Å². The van der Waals surface area contributed by atoms with Gasteiger partial charge in [0, 0.05) is 28.3 Å². The van der Waals surface area contributed by atoms with Crippen LogP contribution in [0.15, 0.2) is 22.7 Å². The summed E-state index contributed by atoms with van der Waals surface area (Å²) < 4.78 is 1.03. The monoisotopic (exact) mass is 311 g/mol. The maximum absolute atomic E-state index is 9.97. The fourth-order valence-electron chi connectivity index (χ4n) is 2.96. The predicted molar refractivity (Wildman–Crippen MR) is 80.1 cm³/mol. The van der Waals surface area contributed by atoms with E-state index in [9.17, 15) is 5.11 Å². The van der Waals surface area contributed by atoms with Gasteiger partial charge < -0.3 is 10.0 Å². The Labute approximate surface area is 118 Å². The lowest BCUT2D eigenvalue weighted by Gasteiger charge is -2.32. The van der Waals surface area contributed by atoms with Crippen LogP contribution in [0.4, 0.5) is 5.69 Å². The molecule has 1 atom stereocenters. The molecule has 100 valence electrons. The van der Waals surface area contributed by atoms with Gasteiger partial charge in [-0.2, -0.15) is 0 Å². The van der Waals surface area contributed by atoms with Crippen molar-refractivity contribution in [3.8, 4) is 0 Å². The van der Waals surface area contributed by atoms with Crippen molar-refractivity contribution >= 4 is 21.6 Å². The van der Waals surface area contributed by atoms with Crippen LogP contribution in [0.3, 0.4) is 0 Å². The molecule has 0 spiro atoms. The summed E-state index contributed by atoms with van der Waals surface area (Å²) in [5, 5.41) is 9.97. The standard InChI is InChI=1S/C15H22BrNO/c1-3-17(13-6-4-5-7-13)15-9-8-12(16)10-14(15)11(2)18/h8-11,13,18H,3-7H2,1-2H3. The minimum atomic E-state index is -0.423. The Hall–Kier alpha value is -0.540. The third-order valence-corrected chi connectivity index (χ3v) is 4.35. The maximum atomic E-state index is 9.97. The highest BCUT2D eigenvalue weighted by molar-refractivity contribution is 9.10. The Bertz CT molecular complexity index is 399. The van der Waals surface area contributed by atoms with E-state index >= 15 is 0 Å². The van der Waals surface area contributed by atoms with Crippen LogP contribution in [-0.4, -0.2) is 17.7 Å². The minimum absolute atomic E-state index is 0.423. The molecule has 1 saturated carbocycles. The number of hydrogen-bond donors (Lipinski definition) is 1. The van der Waals surface area contributed by atoms with E-state index in [1.807, 2.05) is 13.0 Å². The summed E-state index contributed by atoms with van der Waals surface area (Å²) >= 11 is 3.49. The maximum Gasteiger partial charge on any atom is 0.0782 e. The zero-order valence-corrected chi connectivity index (χ0v) is 12.8. The van der Waals surface area contributed by atoms with Gasteiger partial charge in [0.2, 0.25) is 0 Å². The van der Waals surface area contributed by atoms with Crippen LogP contribution in [0.25, 0.3) is 0 Å². The first kappa shape index (κ1) is 13.9. The van der Waals surface area contributed by atoms with Crippen molar-refractivity contribution in [1.29, 1.82) is 0 Å². The van der Waals surface area contributed by atoms with Crippen molar-refractivity contribution in [2.75, 3.05) is 11.4 Å². The zero-order chi connectivity index (χ0) is 13.1. The third-order valence-electron chi connectivity index (χ3n) is 3.86. The van der Waals surface area contributed by atoms with E-state index in [4.69, 9.17) is 0 Å². The summed E-state index contributed by atoms with van der Waals surface area (Å²) in [6.45, 7) is 5.05. The second-order valence-electron chi connectivity index (χ2n) is 5.10.